The number of nitrogens with one attached hydrogen (secondary N) is 2. The summed E-state index contributed by atoms with van der Waals surface area (Å²) in [5, 5.41) is 11.8. The maximum absolute atomic E-state index is 13.7. The van der Waals surface area contributed by atoms with Gasteiger partial charge in [-0.3, -0.25) is 5.10 Å². The highest BCUT2D eigenvalue weighted by Gasteiger charge is 2.22. The standard InChI is InChI=1S/C20H15ClFN5.HI.H2/c21-15-6-2-1-4-12(15)18-23-16-7-3-5-13(16)19(24-18)25-20-14-10-11(22)8-9-17(14)26-27-20;;/h1-2,4,6,8-10H,3,5,7H2,(H2,23,24,25,26,27);2*1H/p-1. The van der Waals surface area contributed by atoms with E-state index in [1.54, 1.807) is 6.07 Å². The van der Waals surface area contributed by atoms with Gasteiger partial charge in [-0.2, -0.15) is 5.10 Å². The fourth-order valence-electron chi connectivity index (χ4n) is 3.49. The largest absolute Gasteiger partial charge is 1.00 e. The second-order valence-electron chi connectivity index (χ2n) is 6.54. The van der Waals surface area contributed by atoms with E-state index >= 15 is 0 Å². The molecule has 0 saturated heterocycles. The van der Waals surface area contributed by atoms with Gasteiger partial charge in [0, 0.05) is 23.6 Å². The summed E-state index contributed by atoms with van der Waals surface area (Å²) in [5.41, 5.74) is 3.65. The molecule has 1 aliphatic rings. The normalized spacial score (nSPS) is 12.6. The van der Waals surface area contributed by atoms with Crippen LogP contribution in [0.1, 0.15) is 19.1 Å². The summed E-state index contributed by atoms with van der Waals surface area (Å²) in [4.78, 5) is 9.45. The second kappa shape index (κ2) is 7.63. The van der Waals surface area contributed by atoms with E-state index in [2.05, 4.69) is 15.5 Å². The summed E-state index contributed by atoms with van der Waals surface area (Å²) < 4.78 is 13.7. The van der Waals surface area contributed by atoms with E-state index in [1.165, 1.54) is 12.1 Å². The zero-order chi connectivity index (χ0) is 18.4. The minimum absolute atomic E-state index is 0. The van der Waals surface area contributed by atoms with Gasteiger partial charge in [0.1, 0.15) is 11.6 Å². The molecule has 0 atom stereocenters. The molecule has 0 fully saturated rings. The van der Waals surface area contributed by atoms with Crippen molar-refractivity contribution in [3.63, 3.8) is 0 Å². The average molecular weight is 509 g/mol. The number of hydrogen-bond donors (Lipinski definition) is 2. The number of hydrogen-bond acceptors (Lipinski definition) is 4. The molecule has 5 nitrogen and oxygen atoms in total. The van der Waals surface area contributed by atoms with Crippen LogP contribution in [0.15, 0.2) is 42.5 Å². The van der Waals surface area contributed by atoms with Crippen molar-refractivity contribution in [3.05, 3.63) is 64.6 Å². The Labute approximate surface area is 184 Å². The smallest absolute Gasteiger partial charge is 0.163 e. The van der Waals surface area contributed by atoms with Gasteiger partial charge in [-0.1, -0.05) is 23.7 Å². The van der Waals surface area contributed by atoms with Crippen LogP contribution in [0.25, 0.3) is 22.3 Å². The van der Waals surface area contributed by atoms with Crippen molar-refractivity contribution < 1.29 is 29.8 Å². The highest BCUT2D eigenvalue weighted by atomic mass is 127. The zero-order valence-corrected chi connectivity index (χ0v) is 17.6. The average Bonchev–Trinajstić information content (AvgIpc) is 3.29. The van der Waals surface area contributed by atoms with Crippen LogP contribution in [0, 0.1) is 5.82 Å². The highest BCUT2D eigenvalue weighted by Crippen LogP contribution is 2.34. The molecule has 8 heteroatoms. The SMILES string of the molecule is Fc1ccc2[nH]nc(Nc3nc(-c4ccccc4Cl)nc4c3CCC4)c2c1.[HH].[I-]. The Kier molecular flexibility index (Phi) is 5.20. The number of rotatable bonds is 3. The van der Waals surface area contributed by atoms with Gasteiger partial charge < -0.3 is 29.3 Å². The number of nitrogens with zero attached hydrogens (tertiary/aromatic N) is 3. The van der Waals surface area contributed by atoms with Crippen molar-refractivity contribution in [2.75, 3.05) is 5.32 Å². The molecule has 0 radical (unpaired) electrons. The van der Waals surface area contributed by atoms with Crippen molar-refractivity contribution in [2.24, 2.45) is 0 Å². The van der Waals surface area contributed by atoms with E-state index in [0.29, 0.717) is 27.9 Å². The van der Waals surface area contributed by atoms with E-state index in [-0.39, 0.29) is 31.2 Å². The Bertz CT molecular complexity index is 1180. The van der Waals surface area contributed by atoms with Crippen LogP contribution in [0.2, 0.25) is 5.02 Å². The molecule has 5 rings (SSSR count). The van der Waals surface area contributed by atoms with Gasteiger partial charge in [0.15, 0.2) is 11.6 Å². The predicted molar refractivity (Wildman–Crippen MR) is 106 cm³/mol. The molecule has 4 aromatic rings. The molecule has 1 aliphatic carbocycles. The Balaban J connectivity index is 0.00000120. The van der Waals surface area contributed by atoms with Crippen molar-refractivity contribution in [3.8, 4) is 11.4 Å². The van der Waals surface area contributed by atoms with Crippen LogP contribution in [0.4, 0.5) is 16.0 Å². The maximum Gasteiger partial charge on any atom is 0.163 e. The summed E-state index contributed by atoms with van der Waals surface area (Å²) in [6, 6.07) is 12.0. The molecule has 0 spiro atoms. The topological polar surface area (TPSA) is 66.5 Å². The number of fused-ring (bicyclic) bond motifs is 2. The lowest BCUT2D eigenvalue weighted by atomic mass is 10.1. The van der Waals surface area contributed by atoms with Gasteiger partial charge >= 0.3 is 0 Å². The van der Waals surface area contributed by atoms with Gasteiger partial charge in [0.25, 0.3) is 0 Å². The van der Waals surface area contributed by atoms with Crippen LogP contribution in [0.5, 0.6) is 0 Å². The molecule has 2 aromatic carbocycles. The number of anilines is 2. The van der Waals surface area contributed by atoms with Crippen LogP contribution >= 0.6 is 11.6 Å². The first-order valence-corrected chi connectivity index (χ1v) is 9.12. The molecule has 144 valence electrons. The second-order valence-corrected chi connectivity index (χ2v) is 6.95. The molecule has 0 bridgehead atoms. The molecule has 0 unspecified atom stereocenters. The number of halogens is 3. The van der Waals surface area contributed by atoms with Crippen molar-refractivity contribution >= 4 is 34.1 Å². The Morgan fingerprint density at radius 3 is 2.79 bits per heavy atom. The monoisotopic (exact) mass is 508 g/mol. The van der Waals surface area contributed by atoms with Gasteiger partial charge in [-0.25, -0.2) is 14.4 Å². The summed E-state index contributed by atoms with van der Waals surface area (Å²) in [6.45, 7) is 0. The quantitative estimate of drug-likeness (QED) is 0.417. The number of H-pyrrole nitrogens is 1. The maximum atomic E-state index is 13.7. The van der Waals surface area contributed by atoms with E-state index in [1.807, 2.05) is 24.3 Å². The Morgan fingerprint density at radius 2 is 1.93 bits per heavy atom. The molecular formula is C20H17ClFIN5-. The minimum atomic E-state index is -0.309. The van der Waals surface area contributed by atoms with Crippen LogP contribution in [-0.4, -0.2) is 20.2 Å². The van der Waals surface area contributed by atoms with Crippen molar-refractivity contribution in [2.45, 2.75) is 19.3 Å². The van der Waals surface area contributed by atoms with E-state index in [0.717, 1.165) is 41.6 Å². The fraction of sp³-hybridized carbons (Fsp3) is 0.150. The van der Waals surface area contributed by atoms with Gasteiger partial charge in [-0.05, 0) is 49.6 Å². The first-order valence-electron chi connectivity index (χ1n) is 8.74. The fourth-order valence-corrected chi connectivity index (χ4v) is 3.71. The summed E-state index contributed by atoms with van der Waals surface area (Å²) >= 11 is 6.34. The molecule has 2 N–H and O–H groups in total. The third kappa shape index (κ3) is 3.33. The van der Waals surface area contributed by atoms with Crippen molar-refractivity contribution in [1.29, 1.82) is 0 Å². The number of aryl methyl sites for hydroxylation is 1. The molecule has 28 heavy (non-hydrogen) atoms. The lowest BCUT2D eigenvalue weighted by Crippen LogP contribution is -3.00. The van der Waals surface area contributed by atoms with Gasteiger partial charge in [0.2, 0.25) is 0 Å². The summed E-state index contributed by atoms with van der Waals surface area (Å²) in [7, 11) is 0. The predicted octanol–water partition coefficient (Wildman–Crippen LogP) is 2.29. The summed E-state index contributed by atoms with van der Waals surface area (Å²) in [5.74, 6) is 1.51. The number of benzene rings is 2. The third-order valence-electron chi connectivity index (χ3n) is 4.81. The zero-order valence-electron chi connectivity index (χ0n) is 14.6. The van der Waals surface area contributed by atoms with E-state index in [4.69, 9.17) is 21.6 Å². The number of aromatic amines is 1. The van der Waals surface area contributed by atoms with Crippen molar-refractivity contribution in [1.82, 2.24) is 20.2 Å². The molecule has 2 heterocycles. The molecular weight excluding hydrogens is 492 g/mol. The number of aromatic nitrogens is 4. The minimum Gasteiger partial charge on any atom is -1.00 e. The molecule has 2 aromatic heterocycles. The first kappa shape index (κ1) is 19.1. The lowest BCUT2D eigenvalue weighted by Gasteiger charge is -2.12. The van der Waals surface area contributed by atoms with E-state index < -0.39 is 0 Å². The summed E-state index contributed by atoms with van der Waals surface area (Å²) in [6.07, 6.45) is 2.83. The molecule has 0 aliphatic heterocycles. The van der Waals surface area contributed by atoms with Crippen LogP contribution < -0.4 is 29.3 Å². The molecule has 0 amide bonds. The van der Waals surface area contributed by atoms with Crippen LogP contribution in [0.3, 0.4) is 0 Å². The Morgan fingerprint density at radius 1 is 1.07 bits per heavy atom. The highest BCUT2D eigenvalue weighted by molar-refractivity contribution is 6.33. The third-order valence-corrected chi connectivity index (χ3v) is 5.14. The van der Waals surface area contributed by atoms with E-state index in [9.17, 15) is 4.39 Å². The van der Waals surface area contributed by atoms with Crippen LogP contribution in [-0.2, 0) is 12.8 Å². The Hall–Kier alpha value is -2.26. The molecule has 0 saturated carbocycles. The first-order chi connectivity index (χ1) is 13.2. The lowest BCUT2D eigenvalue weighted by molar-refractivity contribution is -0.00000608. The van der Waals surface area contributed by atoms with Gasteiger partial charge in [-0.15, -0.1) is 0 Å². The van der Waals surface area contributed by atoms with Gasteiger partial charge in [0.05, 0.1) is 10.5 Å².